The van der Waals surface area contributed by atoms with Crippen LogP contribution in [0.3, 0.4) is 0 Å². The highest BCUT2D eigenvalue weighted by Gasteiger charge is 2.18. The number of benzene rings is 1. The first-order valence-electron chi connectivity index (χ1n) is 8.40. The molecule has 0 aliphatic carbocycles. The van der Waals surface area contributed by atoms with Crippen molar-refractivity contribution in [3.8, 4) is 17.6 Å². The third-order valence-electron chi connectivity index (χ3n) is 4.09. The van der Waals surface area contributed by atoms with Gasteiger partial charge in [-0.1, -0.05) is 6.07 Å². The number of methoxy groups -OCH3 is 2. The molecule has 1 aliphatic heterocycles. The van der Waals surface area contributed by atoms with Gasteiger partial charge in [-0.15, -0.1) is 0 Å². The van der Waals surface area contributed by atoms with Crippen LogP contribution >= 0.6 is 0 Å². The molecule has 1 aliphatic rings. The quantitative estimate of drug-likeness (QED) is 0.815. The summed E-state index contributed by atoms with van der Waals surface area (Å²) < 4.78 is 21.7. The maximum Gasteiger partial charge on any atom is 0.232 e. The second-order valence-electron chi connectivity index (χ2n) is 5.81. The first kappa shape index (κ1) is 17.8. The van der Waals surface area contributed by atoms with Crippen LogP contribution in [0.15, 0.2) is 22.6 Å². The monoisotopic (exact) mass is 355 g/mol. The second-order valence-corrected chi connectivity index (χ2v) is 5.81. The van der Waals surface area contributed by atoms with Gasteiger partial charge in [-0.25, -0.2) is 0 Å². The van der Waals surface area contributed by atoms with Gasteiger partial charge in [0.1, 0.15) is 6.07 Å². The summed E-state index contributed by atoms with van der Waals surface area (Å²) in [5.74, 6) is 2.02. The molecule has 0 radical (unpaired) electrons. The van der Waals surface area contributed by atoms with E-state index in [1.807, 2.05) is 30.3 Å². The summed E-state index contributed by atoms with van der Waals surface area (Å²) in [5.41, 5.74) is 1.13. The molecule has 0 saturated carbocycles. The van der Waals surface area contributed by atoms with E-state index in [2.05, 4.69) is 10.3 Å². The molecule has 7 heteroatoms. The molecular formula is C19H21N3O4. The second kappa shape index (κ2) is 8.41. The molecule has 136 valence electrons. The van der Waals surface area contributed by atoms with Crippen molar-refractivity contribution in [1.29, 1.82) is 5.26 Å². The molecule has 1 aromatic heterocycles. The largest absolute Gasteiger partial charge is 0.493 e. The van der Waals surface area contributed by atoms with E-state index in [0.29, 0.717) is 29.8 Å². The third-order valence-corrected chi connectivity index (χ3v) is 4.09. The lowest BCUT2D eigenvalue weighted by molar-refractivity contribution is 0.120. The van der Waals surface area contributed by atoms with Crippen LogP contribution in [-0.4, -0.2) is 38.5 Å². The lowest BCUT2D eigenvalue weighted by atomic mass is 10.2. The van der Waals surface area contributed by atoms with E-state index in [1.165, 1.54) is 0 Å². The number of hydrogen-bond donors (Lipinski definition) is 1. The van der Waals surface area contributed by atoms with Gasteiger partial charge in [-0.05, 0) is 36.6 Å². The first-order valence-corrected chi connectivity index (χ1v) is 8.40. The summed E-state index contributed by atoms with van der Waals surface area (Å²) in [6.07, 6.45) is 5.76. The van der Waals surface area contributed by atoms with Crippen molar-refractivity contribution >= 4 is 18.0 Å². The Bertz CT molecular complexity index is 817. The van der Waals surface area contributed by atoms with Crippen molar-refractivity contribution in [3.05, 3.63) is 35.3 Å². The Morgan fingerprint density at radius 2 is 2.15 bits per heavy atom. The fourth-order valence-corrected chi connectivity index (χ4v) is 2.74. The molecule has 2 heterocycles. The smallest absolute Gasteiger partial charge is 0.232 e. The minimum absolute atomic E-state index is 0.150. The standard InChI is InChI=1S/C19H21N3O4/c1-23-16-7-5-13(10-17(16)24-2)6-8-18-22-15(11-20)19(26-18)21-12-14-4-3-9-25-14/h5-8,10,14,21H,3-4,9,12H2,1-2H3/b8-6+/t14-/m1/s1. The van der Waals surface area contributed by atoms with Crippen molar-refractivity contribution in [2.24, 2.45) is 0 Å². The lowest BCUT2D eigenvalue weighted by Gasteiger charge is -2.09. The SMILES string of the molecule is COc1ccc(/C=C/c2nc(C#N)c(NC[C@H]3CCCO3)o2)cc1OC. The molecule has 7 nitrogen and oxygen atoms in total. The summed E-state index contributed by atoms with van der Waals surface area (Å²) in [6, 6.07) is 7.61. The zero-order valence-electron chi connectivity index (χ0n) is 14.8. The van der Waals surface area contributed by atoms with Crippen molar-refractivity contribution in [1.82, 2.24) is 4.98 Å². The highest BCUT2D eigenvalue weighted by molar-refractivity contribution is 5.68. The van der Waals surface area contributed by atoms with Crippen LogP contribution in [0, 0.1) is 11.3 Å². The molecule has 1 fully saturated rings. The van der Waals surface area contributed by atoms with E-state index in [4.69, 9.17) is 18.6 Å². The molecule has 0 amide bonds. The lowest BCUT2D eigenvalue weighted by Crippen LogP contribution is -2.18. The number of hydrogen-bond acceptors (Lipinski definition) is 7. The number of nitrogens with one attached hydrogen (secondary N) is 1. The molecule has 1 aromatic carbocycles. The zero-order chi connectivity index (χ0) is 18.4. The summed E-state index contributed by atoms with van der Waals surface area (Å²) >= 11 is 0. The van der Waals surface area contributed by atoms with Gasteiger partial charge in [0, 0.05) is 19.2 Å². The van der Waals surface area contributed by atoms with E-state index in [1.54, 1.807) is 20.3 Å². The average Bonchev–Trinajstić information content (AvgIpc) is 3.33. The molecule has 1 saturated heterocycles. The average molecular weight is 355 g/mol. The van der Waals surface area contributed by atoms with Crippen LogP contribution in [0.2, 0.25) is 0 Å². The number of aromatic nitrogens is 1. The van der Waals surface area contributed by atoms with Crippen molar-refractivity contribution in [3.63, 3.8) is 0 Å². The molecular weight excluding hydrogens is 334 g/mol. The Morgan fingerprint density at radius 3 is 2.85 bits per heavy atom. The molecule has 2 aromatic rings. The summed E-state index contributed by atoms with van der Waals surface area (Å²) in [5, 5.41) is 12.3. The Kier molecular flexibility index (Phi) is 5.77. The van der Waals surface area contributed by atoms with Gasteiger partial charge >= 0.3 is 0 Å². The Hall–Kier alpha value is -2.98. The van der Waals surface area contributed by atoms with Crippen molar-refractivity contribution in [2.45, 2.75) is 18.9 Å². The number of oxazole rings is 1. The van der Waals surface area contributed by atoms with Gasteiger partial charge in [-0.2, -0.15) is 10.2 Å². The van der Waals surface area contributed by atoms with Crippen molar-refractivity contribution < 1.29 is 18.6 Å². The highest BCUT2D eigenvalue weighted by atomic mass is 16.5. The Morgan fingerprint density at radius 1 is 1.31 bits per heavy atom. The summed E-state index contributed by atoms with van der Waals surface area (Å²) in [6.45, 7) is 1.38. The van der Waals surface area contributed by atoms with Crippen LogP contribution < -0.4 is 14.8 Å². The fraction of sp³-hybridized carbons (Fsp3) is 0.368. The summed E-state index contributed by atoms with van der Waals surface area (Å²) in [7, 11) is 3.18. The maximum absolute atomic E-state index is 9.24. The minimum atomic E-state index is 0.150. The van der Waals surface area contributed by atoms with E-state index in [9.17, 15) is 5.26 Å². The highest BCUT2D eigenvalue weighted by Crippen LogP contribution is 2.28. The normalized spacial score (nSPS) is 16.6. The first-order chi connectivity index (χ1) is 12.7. The van der Waals surface area contributed by atoms with Gasteiger partial charge in [0.2, 0.25) is 17.5 Å². The van der Waals surface area contributed by atoms with Gasteiger partial charge in [0.25, 0.3) is 0 Å². The van der Waals surface area contributed by atoms with E-state index < -0.39 is 0 Å². The summed E-state index contributed by atoms with van der Waals surface area (Å²) in [4.78, 5) is 4.19. The van der Waals surface area contributed by atoms with Gasteiger partial charge in [0.15, 0.2) is 11.5 Å². The minimum Gasteiger partial charge on any atom is -0.493 e. The van der Waals surface area contributed by atoms with Gasteiger partial charge < -0.3 is 23.9 Å². The van der Waals surface area contributed by atoms with Crippen molar-refractivity contribution in [2.75, 3.05) is 32.7 Å². The molecule has 1 N–H and O–H groups in total. The van der Waals surface area contributed by atoms with Crippen LogP contribution in [-0.2, 0) is 4.74 Å². The number of ether oxygens (including phenoxy) is 3. The van der Waals surface area contributed by atoms with Crippen LogP contribution in [0.25, 0.3) is 12.2 Å². The number of anilines is 1. The maximum atomic E-state index is 9.24. The number of nitrogens with zero attached hydrogens (tertiary/aromatic N) is 2. The Balaban J connectivity index is 1.71. The molecule has 0 unspecified atom stereocenters. The molecule has 26 heavy (non-hydrogen) atoms. The van der Waals surface area contributed by atoms with Gasteiger partial charge in [-0.3, -0.25) is 0 Å². The predicted molar refractivity (Wildman–Crippen MR) is 97.2 cm³/mol. The topological polar surface area (TPSA) is 89.5 Å². The van der Waals surface area contributed by atoms with Crippen LogP contribution in [0.4, 0.5) is 5.88 Å². The fourth-order valence-electron chi connectivity index (χ4n) is 2.74. The Labute approximate surface area is 152 Å². The van der Waals surface area contributed by atoms with Crippen LogP contribution in [0.1, 0.15) is 30.0 Å². The molecule has 0 bridgehead atoms. The van der Waals surface area contributed by atoms with E-state index in [0.717, 1.165) is 25.0 Å². The third kappa shape index (κ3) is 4.16. The molecule has 3 rings (SSSR count). The van der Waals surface area contributed by atoms with Crippen LogP contribution in [0.5, 0.6) is 11.5 Å². The molecule has 0 spiro atoms. The predicted octanol–water partition coefficient (Wildman–Crippen LogP) is 3.32. The number of rotatable bonds is 7. The van der Waals surface area contributed by atoms with E-state index >= 15 is 0 Å². The van der Waals surface area contributed by atoms with E-state index in [-0.39, 0.29) is 11.8 Å². The van der Waals surface area contributed by atoms with Gasteiger partial charge in [0.05, 0.1) is 20.3 Å². The zero-order valence-corrected chi connectivity index (χ0v) is 14.8. The molecule has 1 atom stereocenters. The number of nitriles is 1.